The number of nitrogens with zero attached hydrogens (tertiary/aromatic N) is 2. The largest absolute Gasteiger partial charge is 0.409 e. The zero-order valence-electron chi connectivity index (χ0n) is 9.36. The molecule has 0 radical (unpaired) electrons. The highest BCUT2D eigenvalue weighted by atomic mass is 16.4. The van der Waals surface area contributed by atoms with E-state index in [0.29, 0.717) is 32.5 Å². The number of carbonyl (C=O) groups excluding carboxylic acids is 1. The zero-order chi connectivity index (χ0) is 11.7. The third-order valence-electron chi connectivity index (χ3n) is 2.07. The third-order valence-corrected chi connectivity index (χ3v) is 2.07. The van der Waals surface area contributed by atoms with E-state index in [2.05, 4.69) is 10.5 Å². The normalized spacial score (nSPS) is 11.2. The van der Waals surface area contributed by atoms with Gasteiger partial charge in [0.1, 0.15) is 5.84 Å². The fourth-order valence-electron chi connectivity index (χ4n) is 1.14. The van der Waals surface area contributed by atoms with E-state index in [1.807, 2.05) is 13.8 Å². The first kappa shape index (κ1) is 13.5. The Morgan fingerprint density at radius 1 is 1.47 bits per heavy atom. The molecule has 0 aliphatic carbocycles. The molecular formula is C9H20N4O2. The minimum Gasteiger partial charge on any atom is -0.409 e. The van der Waals surface area contributed by atoms with Gasteiger partial charge in [0.2, 0.25) is 0 Å². The van der Waals surface area contributed by atoms with Crippen molar-refractivity contribution in [3.8, 4) is 0 Å². The summed E-state index contributed by atoms with van der Waals surface area (Å²) >= 11 is 0. The summed E-state index contributed by atoms with van der Waals surface area (Å²) in [6.45, 7) is 5.79. The lowest BCUT2D eigenvalue weighted by atomic mass is 10.3. The number of amides is 2. The number of nitrogens with one attached hydrogen (secondary N) is 1. The van der Waals surface area contributed by atoms with Crippen LogP contribution in [0, 0.1) is 0 Å². The molecule has 0 spiro atoms. The van der Waals surface area contributed by atoms with E-state index < -0.39 is 0 Å². The molecule has 88 valence electrons. The van der Waals surface area contributed by atoms with Gasteiger partial charge >= 0.3 is 6.03 Å². The molecule has 0 aliphatic heterocycles. The summed E-state index contributed by atoms with van der Waals surface area (Å²) < 4.78 is 0. The quantitative estimate of drug-likeness (QED) is 0.199. The summed E-state index contributed by atoms with van der Waals surface area (Å²) in [4.78, 5) is 13.1. The average molecular weight is 216 g/mol. The fraction of sp³-hybridized carbons (Fsp3) is 0.778. The Bertz CT molecular complexity index is 214. The molecule has 2 amide bonds. The van der Waals surface area contributed by atoms with E-state index in [1.54, 1.807) is 4.90 Å². The van der Waals surface area contributed by atoms with Gasteiger partial charge in [-0.25, -0.2) is 4.79 Å². The Labute approximate surface area is 90.1 Å². The van der Waals surface area contributed by atoms with Crippen molar-refractivity contribution in [2.45, 2.75) is 26.7 Å². The Balaban J connectivity index is 3.63. The van der Waals surface area contributed by atoms with Crippen molar-refractivity contribution in [3.63, 3.8) is 0 Å². The van der Waals surface area contributed by atoms with E-state index in [1.165, 1.54) is 0 Å². The number of hydrogen-bond acceptors (Lipinski definition) is 3. The monoisotopic (exact) mass is 216 g/mol. The van der Waals surface area contributed by atoms with Crippen molar-refractivity contribution in [2.75, 3.05) is 19.6 Å². The van der Waals surface area contributed by atoms with E-state index >= 15 is 0 Å². The Hall–Kier alpha value is -1.46. The highest BCUT2D eigenvalue weighted by molar-refractivity contribution is 5.79. The van der Waals surface area contributed by atoms with Gasteiger partial charge in [0.25, 0.3) is 0 Å². The molecule has 0 atom stereocenters. The van der Waals surface area contributed by atoms with Crippen LogP contribution in [-0.4, -0.2) is 41.6 Å². The molecule has 0 rings (SSSR count). The van der Waals surface area contributed by atoms with E-state index in [4.69, 9.17) is 10.9 Å². The second kappa shape index (κ2) is 7.90. The predicted octanol–water partition coefficient (Wildman–Crippen LogP) is 0.564. The molecule has 0 unspecified atom stereocenters. The van der Waals surface area contributed by atoms with Gasteiger partial charge in [0, 0.05) is 26.1 Å². The summed E-state index contributed by atoms with van der Waals surface area (Å²) in [5, 5.41) is 13.9. The van der Waals surface area contributed by atoms with Crippen LogP contribution in [0.25, 0.3) is 0 Å². The molecule has 0 aromatic rings. The molecule has 0 saturated heterocycles. The highest BCUT2D eigenvalue weighted by Gasteiger charge is 2.07. The predicted molar refractivity (Wildman–Crippen MR) is 59.0 cm³/mol. The van der Waals surface area contributed by atoms with Crippen LogP contribution in [-0.2, 0) is 0 Å². The molecule has 6 heteroatoms. The van der Waals surface area contributed by atoms with Crippen LogP contribution in [0.5, 0.6) is 0 Å². The molecule has 6 nitrogen and oxygen atoms in total. The molecule has 0 aliphatic rings. The van der Waals surface area contributed by atoms with Crippen LogP contribution in [0.3, 0.4) is 0 Å². The van der Waals surface area contributed by atoms with Gasteiger partial charge in [0.15, 0.2) is 0 Å². The first-order chi connectivity index (χ1) is 7.15. The number of carbonyl (C=O) groups is 1. The second-order valence-electron chi connectivity index (χ2n) is 3.10. The smallest absolute Gasteiger partial charge is 0.317 e. The van der Waals surface area contributed by atoms with Crippen molar-refractivity contribution in [1.82, 2.24) is 10.2 Å². The number of amidine groups is 1. The van der Waals surface area contributed by atoms with E-state index in [9.17, 15) is 4.79 Å². The van der Waals surface area contributed by atoms with Crippen molar-refractivity contribution in [1.29, 1.82) is 0 Å². The summed E-state index contributed by atoms with van der Waals surface area (Å²) in [5.74, 6) is 0.187. The minimum atomic E-state index is -0.0699. The maximum atomic E-state index is 11.4. The van der Waals surface area contributed by atoms with Gasteiger partial charge in [0.05, 0.1) is 0 Å². The van der Waals surface area contributed by atoms with Crippen LogP contribution in [0.1, 0.15) is 26.7 Å². The first-order valence-corrected chi connectivity index (χ1v) is 5.14. The summed E-state index contributed by atoms with van der Waals surface area (Å²) in [6.07, 6.45) is 1.15. The lowest BCUT2D eigenvalue weighted by Crippen LogP contribution is -2.40. The van der Waals surface area contributed by atoms with Crippen molar-refractivity contribution >= 4 is 11.9 Å². The van der Waals surface area contributed by atoms with Crippen molar-refractivity contribution in [2.24, 2.45) is 10.9 Å². The topological polar surface area (TPSA) is 91.0 Å². The SMILES string of the molecule is CCN(CC)C(=O)NCCCC(N)=NO. The molecule has 0 aromatic carbocycles. The van der Waals surface area contributed by atoms with Gasteiger partial charge < -0.3 is 21.2 Å². The minimum absolute atomic E-state index is 0.0699. The first-order valence-electron chi connectivity index (χ1n) is 5.14. The fourth-order valence-corrected chi connectivity index (χ4v) is 1.14. The van der Waals surface area contributed by atoms with Crippen molar-refractivity contribution in [3.05, 3.63) is 0 Å². The van der Waals surface area contributed by atoms with E-state index in [0.717, 1.165) is 0 Å². The van der Waals surface area contributed by atoms with E-state index in [-0.39, 0.29) is 11.9 Å². The van der Waals surface area contributed by atoms with Gasteiger partial charge in [-0.05, 0) is 20.3 Å². The van der Waals surface area contributed by atoms with Gasteiger partial charge in [-0.1, -0.05) is 5.16 Å². The zero-order valence-corrected chi connectivity index (χ0v) is 9.36. The molecule has 0 fully saturated rings. The Kier molecular flexibility index (Phi) is 7.13. The molecule has 4 N–H and O–H groups in total. The lowest BCUT2D eigenvalue weighted by molar-refractivity contribution is 0.203. The maximum Gasteiger partial charge on any atom is 0.317 e. The summed E-state index contributed by atoms with van der Waals surface area (Å²) in [6, 6.07) is -0.0699. The maximum absolute atomic E-state index is 11.4. The lowest BCUT2D eigenvalue weighted by Gasteiger charge is -2.18. The summed E-state index contributed by atoms with van der Waals surface area (Å²) in [7, 11) is 0. The second-order valence-corrected chi connectivity index (χ2v) is 3.10. The number of rotatable bonds is 6. The third kappa shape index (κ3) is 5.77. The van der Waals surface area contributed by atoms with Crippen LogP contribution >= 0.6 is 0 Å². The highest BCUT2D eigenvalue weighted by Crippen LogP contribution is 1.90. The molecule has 0 bridgehead atoms. The molecule has 0 heterocycles. The number of oxime groups is 1. The van der Waals surface area contributed by atoms with Crippen LogP contribution in [0.2, 0.25) is 0 Å². The van der Waals surface area contributed by atoms with Crippen LogP contribution in [0.15, 0.2) is 5.16 Å². The molecule has 15 heavy (non-hydrogen) atoms. The Morgan fingerprint density at radius 2 is 2.07 bits per heavy atom. The number of hydrogen-bond donors (Lipinski definition) is 3. The molecule has 0 aromatic heterocycles. The molecule has 0 saturated carbocycles. The van der Waals surface area contributed by atoms with Crippen LogP contribution < -0.4 is 11.1 Å². The van der Waals surface area contributed by atoms with Gasteiger partial charge in [-0.2, -0.15) is 0 Å². The van der Waals surface area contributed by atoms with Gasteiger partial charge in [-0.15, -0.1) is 0 Å². The summed E-state index contributed by atoms with van der Waals surface area (Å²) in [5.41, 5.74) is 5.28. The number of nitrogens with two attached hydrogens (primary N) is 1. The average Bonchev–Trinajstić information content (AvgIpc) is 2.25. The molecular weight excluding hydrogens is 196 g/mol. The Morgan fingerprint density at radius 3 is 2.53 bits per heavy atom. The van der Waals surface area contributed by atoms with Gasteiger partial charge in [-0.3, -0.25) is 0 Å². The van der Waals surface area contributed by atoms with Crippen LogP contribution in [0.4, 0.5) is 4.79 Å². The standard InChI is InChI=1S/C9H20N4O2/c1-3-13(4-2)9(14)11-7-5-6-8(10)12-15/h15H,3-7H2,1-2H3,(H2,10,12)(H,11,14). The number of urea groups is 1. The van der Waals surface area contributed by atoms with Crippen molar-refractivity contribution < 1.29 is 10.0 Å².